The molecule has 0 rings (SSSR count). The van der Waals surface area contributed by atoms with E-state index in [0.717, 1.165) is 5.92 Å². The maximum atomic E-state index is 2.47. The van der Waals surface area contributed by atoms with Crippen LogP contribution in [-0.4, -0.2) is 0 Å². The van der Waals surface area contributed by atoms with Gasteiger partial charge < -0.3 is 0 Å². The maximum absolute atomic E-state index is 2.47. The summed E-state index contributed by atoms with van der Waals surface area (Å²) in [5, 5.41) is 0. The van der Waals surface area contributed by atoms with Crippen LogP contribution in [-0.2, 0) is 0 Å². The highest BCUT2D eigenvalue weighted by molar-refractivity contribution is 4.91. The molecule has 0 saturated heterocycles. The predicted octanol–water partition coefficient (Wildman–Crippen LogP) is 5.67. The minimum absolute atomic E-state index is 0.434. The van der Waals surface area contributed by atoms with Crippen molar-refractivity contribution in [1.29, 1.82) is 0 Å². The molecule has 0 N–H and O–H groups in total. The average Bonchev–Trinajstić information content (AvgIpc) is 2.15. The highest BCUT2D eigenvalue weighted by Gasteiger charge is 2.42. The number of hydrogen-bond donors (Lipinski definition) is 0. The largest absolute Gasteiger partial charge is 0.0654 e. The Bertz CT molecular complexity index is 157. The predicted molar refractivity (Wildman–Crippen MR) is 71.2 cm³/mol. The van der Waals surface area contributed by atoms with Crippen molar-refractivity contribution in [2.75, 3.05) is 0 Å². The molecule has 0 aromatic rings. The molecule has 0 saturated carbocycles. The lowest BCUT2D eigenvalue weighted by Gasteiger charge is -2.49. The fourth-order valence-electron chi connectivity index (χ4n) is 3.53. The van der Waals surface area contributed by atoms with Gasteiger partial charge >= 0.3 is 0 Å². The van der Waals surface area contributed by atoms with Gasteiger partial charge in [0.05, 0.1) is 0 Å². The summed E-state index contributed by atoms with van der Waals surface area (Å²) in [6, 6.07) is 0. The standard InChI is InChI=1S/C15H32/c1-8-11-12-13(4)15(9-2,10-3)14(5,6)7/h13H,8-12H2,1-7H3. The molecule has 0 spiro atoms. The highest BCUT2D eigenvalue weighted by atomic mass is 14.5. The van der Waals surface area contributed by atoms with E-state index in [-0.39, 0.29) is 0 Å². The normalized spacial score (nSPS) is 15.4. The van der Waals surface area contributed by atoms with Crippen molar-refractivity contribution >= 4 is 0 Å². The molecule has 0 aromatic carbocycles. The first-order valence-electron chi connectivity index (χ1n) is 6.85. The molecule has 0 heteroatoms. The number of hydrogen-bond acceptors (Lipinski definition) is 0. The Morgan fingerprint density at radius 2 is 1.40 bits per heavy atom. The summed E-state index contributed by atoms with van der Waals surface area (Å²) in [6.07, 6.45) is 6.75. The number of rotatable bonds is 6. The molecule has 0 radical (unpaired) electrons. The van der Waals surface area contributed by atoms with Crippen LogP contribution in [0.2, 0.25) is 0 Å². The van der Waals surface area contributed by atoms with Crippen molar-refractivity contribution in [1.82, 2.24) is 0 Å². The maximum Gasteiger partial charge on any atom is -0.0228 e. The van der Waals surface area contributed by atoms with Crippen LogP contribution in [0.15, 0.2) is 0 Å². The third-order valence-electron chi connectivity index (χ3n) is 4.69. The Morgan fingerprint density at radius 3 is 1.67 bits per heavy atom. The van der Waals surface area contributed by atoms with Gasteiger partial charge in [0.2, 0.25) is 0 Å². The monoisotopic (exact) mass is 212 g/mol. The summed E-state index contributed by atoms with van der Waals surface area (Å²) < 4.78 is 0. The van der Waals surface area contributed by atoms with E-state index < -0.39 is 0 Å². The molecule has 0 nitrogen and oxygen atoms in total. The van der Waals surface area contributed by atoms with E-state index in [0.29, 0.717) is 10.8 Å². The summed E-state index contributed by atoms with van der Waals surface area (Å²) in [4.78, 5) is 0. The average molecular weight is 212 g/mol. The topological polar surface area (TPSA) is 0 Å². The number of unbranched alkanes of at least 4 members (excludes halogenated alkanes) is 1. The van der Waals surface area contributed by atoms with E-state index in [2.05, 4.69) is 48.5 Å². The van der Waals surface area contributed by atoms with Crippen molar-refractivity contribution in [3.8, 4) is 0 Å². The van der Waals surface area contributed by atoms with Crippen LogP contribution >= 0.6 is 0 Å². The zero-order chi connectivity index (χ0) is 12.1. The van der Waals surface area contributed by atoms with Gasteiger partial charge in [-0.3, -0.25) is 0 Å². The molecular weight excluding hydrogens is 180 g/mol. The molecule has 1 unspecified atom stereocenters. The van der Waals surface area contributed by atoms with Gasteiger partial charge in [0.25, 0.3) is 0 Å². The first-order valence-corrected chi connectivity index (χ1v) is 6.85. The van der Waals surface area contributed by atoms with E-state index in [1.54, 1.807) is 0 Å². The van der Waals surface area contributed by atoms with Crippen LogP contribution in [0.4, 0.5) is 0 Å². The van der Waals surface area contributed by atoms with Gasteiger partial charge in [-0.15, -0.1) is 0 Å². The van der Waals surface area contributed by atoms with Crippen molar-refractivity contribution < 1.29 is 0 Å². The summed E-state index contributed by atoms with van der Waals surface area (Å²) in [5.74, 6) is 0.854. The molecule has 0 aromatic heterocycles. The Labute approximate surface area is 97.8 Å². The van der Waals surface area contributed by atoms with E-state index in [1.165, 1.54) is 32.1 Å². The van der Waals surface area contributed by atoms with E-state index in [4.69, 9.17) is 0 Å². The van der Waals surface area contributed by atoms with Crippen LogP contribution in [0, 0.1) is 16.7 Å². The summed E-state index contributed by atoms with van der Waals surface area (Å²) in [5.41, 5.74) is 0.964. The summed E-state index contributed by atoms with van der Waals surface area (Å²) in [7, 11) is 0. The molecule has 0 fully saturated rings. The molecule has 0 heterocycles. The van der Waals surface area contributed by atoms with Gasteiger partial charge in [-0.05, 0) is 29.6 Å². The second-order valence-electron chi connectivity index (χ2n) is 6.16. The minimum atomic E-state index is 0.434. The first-order chi connectivity index (χ1) is 6.85. The zero-order valence-electron chi connectivity index (χ0n) is 12.1. The van der Waals surface area contributed by atoms with Crippen molar-refractivity contribution in [3.05, 3.63) is 0 Å². The molecule has 15 heavy (non-hydrogen) atoms. The molecule has 0 aliphatic heterocycles. The fraction of sp³-hybridized carbons (Fsp3) is 1.00. The van der Waals surface area contributed by atoms with Gasteiger partial charge in [0.1, 0.15) is 0 Å². The van der Waals surface area contributed by atoms with Crippen LogP contribution in [0.3, 0.4) is 0 Å². The van der Waals surface area contributed by atoms with Gasteiger partial charge in [0, 0.05) is 0 Å². The Hall–Kier alpha value is 0. The SMILES string of the molecule is CCCCC(C)C(CC)(CC)C(C)(C)C. The Balaban J connectivity index is 4.77. The third kappa shape index (κ3) is 3.23. The summed E-state index contributed by atoms with van der Waals surface area (Å²) >= 11 is 0. The van der Waals surface area contributed by atoms with Crippen LogP contribution < -0.4 is 0 Å². The first kappa shape index (κ1) is 15.0. The van der Waals surface area contributed by atoms with E-state index in [9.17, 15) is 0 Å². The molecule has 0 bridgehead atoms. The molecule has 0 aliphatic carbocycles. The summed E-state index contributed by atoms with van der Waals surface area (Å²) in [6.45, 7) is 16.8. The Kier molecular flexibility index (Phi) is 5.92. The fourth-order valence-corrected chi connectivity index (χ4v) is 3.53. The molecule has 0 aliphatic rings. The van der Waals surface area contributed by atoms with Crippen LogP contribution in [0.25, 0.3) is 0 Å². The molecule has 92 valence electrons. The molecule has 0 amide bonds. The molecular formula is C15H32. The molecule has 1 atom stereocenters. The van der Waals surface area contributed by atoms with Crippen LogP contribution in [0.1, 0.15) is 80.6 Å². The van der Waals surface area contributed by atoms with Crippen molar-refractivity contribution in [3.63, 3.8) is 0 Å². The lowest BCUT2D eigenvalue weighted by atomic mass is 9.56. The second kappa shape index (κ2) is 5.92. The van der Waals surface area contributed by atoms with Gasteiger partial charge in [-0.25, -0.2) is 0 Å². The highest BCUT2D eigenvalue weighted by Crippen LogP contribution is 2.51. The van der Waals surface area contributed by atoms with E-state index in [1.807, 2.05) is 0 Å². The van der Waals surface area contributed by atoms with Crippen molar-refractivity contribution in [2.45, 2.75) is 80.6 Å². The third-order valence-corrected chi connectivity index (χ3v) is 4.69. The minimum Gasteiger partial charge on any atom is -0.0654 e. The van der Waals surface area contributed by atoms with Gasteiger partial charge in [0.15, 0.2) is 0 Å². The lowest BCUT2D eigenvalue weighted by Crippen LogP contribution is -2.40. The lowest BCUT2D eigenvalue weighted by molar-refractivity contribution is 0.00820. The van der Waals surface area contributed by atoms with Crippen molar-refractivity contribution in [2.24, 2.45) is 16.7 Å². The van der Waals surface area contributed by atoms with Gasteiger partial charge in [-0.1, -0.05) is 67.7 Å². The van der Waals surface area contributed by atoms with Gasteiger partial charge in [-0.2, -0.15) is 0 Å². The Morgan fingerprint density at radius 1 is 0.933 bits per heavy atom. The quantitative estimate of drug-likeness (QED) is 0.532. The smallest absolute Gasteiger partial charge is 0.0228 e. The second-order valence-corrected chi connectivity index (χ2v) is 6.16. The van der Waals surface area contributed by atoms with Crippen LogP contribution in [0.5, 0.6) is 0 Å². The zero-order valence-corrected chi connectivity index (χ0v) is 12.1. The van der Waals surface area contributed by atoms with E-state index >= 15 is 0 Å².